The van der Waals surface area contributed by atoms with E-state index in [0.717, 1.165) is 19.6 Å². The third-order valence-electron chi connectivity index (χ3n) is 4.21. The van der Waals surface area contributed by atoms with E-state index in [1.54, 1.807) is 14.1 Å². The van der Waals surface area contributed by atoms with Gasteiger partial charge in [0, 0.05) is 20.6 Å². The molecular formula is C16H26N2O2S. The Labute approximate surface area is 128 Å². The smallest absolute Gasteiger partial charge is 0.213 e. The fourth-order valence-electron chi connectivity index (χ4n) is 2.91. The number of hydrogen-bond acceptors (Lipinski definition) is 3. The van der Waals surface area contributed by atoms with Crippen LogP contribution in [0, 0.1) is 0 Å². The van der Waals surface area contributed by atoms with Crippen LogP contribution < -0.4 is 0 Å². The molecule has 0 aromatic heterocycles. The van der Waals surface area contributed by atoms with Crippen LogP contribution in [-0.4, -0.2) is 57.1 Å². The summed E-state index contributed by atoms with van der Waals surface area (Å²) in [5.41, 5.74) is 1.41. The highest BCUT2D eigenvalue weighted by molar-refractivity contribution is 7.89. The molecule has 1 heterocycles. The molecule has 5 heteroatoms. The standard InChI is InChI=1S/C16H26N2O2S/c1-17(2)21(19,20)13-7-12-18-11-6-10-16(14-18)15-8-4-3-5-9-15/h3-5,8-9,16H,6-7,10-14H2,1-2H3. The topological polar surface area (TPSA) is 40.6 Å². The average molecular weight is 310 g/mol. The normalized spacial score (nSPS) is 20.8. The molecule has 1 aliphatic heterocycles. The second-order valence-electron chi connectivity index (χ2n) is 6.00. The van der Waals surface area contributed by atoms with Crippen molar-refractivity contribution in [1.29, 1.82) is 0 Å². The van der Waals surface area contributed by atoms with Gasteiger partial charge in [-0.15, -0.1) is 0 Å². The van der Waals surface area contributed by atoms with Crippen LogP contribution in [0.2, 0.25) is 0 Å². The second kappa shape index (κ2) is 7.38. The van der Waals surface area contributed by atoms with E-state index >= 15 is 0 Å². The van der Waals surface area contributed by atoms with Gasteiger partial charge in [-0.1, -0.05) is 30.3 Å². The summed E-state index contributed by atoms with van der Waals surface area (Å²) in [6, 6.07) is 10.6. The Morgan fingerprint density at radius 1 is 1.24 bits per heavy atom. The summed E-state index contributed by atoms with van der Waals surface area (Å²) >= 11 is 0. The summed E-state index contributed by atoms with van der Waals surface area (Å²) < 4.78 is 24.8. The van der Waals surface area contributed by atoms with Gasteiger partial charge in [0.25, 0.3) is 0 Å². The van der Waals surface area contributed by atoms with Crippen molar-refractivity contribution < 1.29 is 8.42 Å². The molecule has 2 rings (SSSR count). The lowest BCUT2D eigenvalue weighted by Crippen LogP contribution is -2.36. The number of rotatable bonds is 6. The molecule has 0 amide bonds. The van der Waals surface area contributed by atoms with E-state index in [9.17, 15) is 8.42 Å². The van der Waals surface area contributed by atoms with Crippen molar-refractivity contribution in [2.45, 2.75) is 25.2 Å². The molecule has 1 atom stereocenters. The Morgan fingerprint density at radius 3 is 2.62 bits per heavy atom. The summed E-state index contributed by atoms with van der Waals surface area (Å²) in [6.07, 6.45) is 3.14. The predicted molar refractivity (Wildman–Crippen MR) is 86.9 cm³/mol. The van der Waals surface area contributed by atoms with Crippen molar-refractivity contribution in [2.75, 3.05) is 39.5 Å². The number of sulfonamides is 1. The lowest BCUT2D eigenvalue weighted by molar-refractivity contribution is 0.208. The summed E-state index contributed by atoms with van der Waals surface area (Å²) in [5, 5.41) is 0. The molecule has 1 unspecified atom stereocenters. The fourth-order valence-corrected chi connectivity index (χ4v) is 3.77. The Balaban J connectivity index is 1.82. The monoisotopic (exact) mass is 310 g/mol. The van der Waals surface area contributed by atoms with Crippen LogP contribution in [0.5, 0.6) is 0 Å². The molecule has 1 aromatic rings. The SMILES string of the molecule is CN(C)S(=O)(=O)CCCN1CCCC(c2ccccc2)C1. The van der Waals surface area contributed by atoms with Gasteiger partial charge in [-0.25, -0.2) is 12.7 Å². The van der Waals surface area contributed by atoms with Gasteiger partial charge >= 0.3 is 0 Å². The highest BCUT2D eigenvalue weighted by Gasteiger charge is 2.21. The molecule has 1 fully saturated rings. The van der Waals surface area contributed by atoms with Crippen molar-refractivity contribution >= 4 is 10.0 Å². The van der Waals surface area contributed by atoms with Gasteiger partial charge in [-0.05, 0) is 43.8 Å². The lowest BCUT2D eigenvalue weighted by Gasteiger charge is -2.33. The minimum Gasteiger partial charge on any atom is -0.303 e. The van der Waals surface area contributed by atoms with Gasteiger partial charge in [0.15, 0.2) is 0 Å². The summed E-state index contributed by atoms with van der Waals surface area (Å²) in [4.78, 5) is 2.41. The van der Waals surface area contributed by atoms with E-state index in [0.29, 0.717) is 12.3 Å². The maximum Gasteiger partial charge on any atom is 0.213 e. The van der Waals surface area contributed by atoms with Gasteiger partial charge in [-0.2, -0.15) is 0 Å². The van der Waals surface area contributed by atoms with E-state index in [1.165, 1.54) is 22.7 Å². The zero-order valence-corrected chi connectivity index (χ0v) is 13.8. The predicted octanol–water partition coefficient (Wildman–Crippen LogP) is 2.15. The second-order valence-corrected chi connectivity index (χ2v) is 8.30. The number of hydrogen-bond donors (Lipinski definition) is 0. The van der Waals surface area contributed by atoms with Crippen molar-refractivity contribution in [2.24, 2.45) is 0 Å². The van der Waals surface area contributed by atoms with Crippen LogP contribution in [0.4, 0.5) is 0 Å². The molecule has 0 bridgehead atoms. The fraction of sp³-hybridized carbons (Fsp3) is 0.625. The van der Waals surface area contributed by atoms with Crippen LogP contribution in [0.25, 0.3) is 0 Å². The van der Waals surface area contributed by atoms with Gasteiger partial charge in [-0.3, -0.25) is 0 Å². The van der Waals surface area contributed by atoms with Crippen LogP contribution in [0.3, 0.4) is 0 Å². The van der Waals surface area contributed by atoms with Crippen LogP contribution in [0.15, 0.2) is 30.3 Å². The molecule has 1 aromatic carbocycles. The molecule has 0 N–H and O–H groups in total. The summed E-state index contributed by atoms with van der Waals surface area (Å²) in [6.45, 7) is 3.01. The maximum absolute atomic E-state index is 11.8. The van der Waals surface area contributed by atoms with E-state index in [1.807, 2.05) is 0 Å². The minimum atomic E-state index is -3.06. The molecule has 118 valence electrons. The Hall–Kier alpha value is -0.910. The van der Waals surface area contributed by atoms with Gasteiger partial charge in [0.1, 0.15) is 0 Å². The summed E-state index contributed by atoms with van der Waals surface area (Å²) in [7, 11) is 0.140. The Kier molecular flexibility index (Phi) is 5.79. The average Bonchev–Trinajstić information content (AvgIpc) is 2.48. The van der Waals surface area contributed by atoms with Gasteiger partial charge in [0.05, 0.1) is 5.75 Å². The molecule has 0 radical (unpaired) electrons. The van der Waals surface area contributed by atoms with E-state index < -0.39 is 10.0 Å². The van der Waals surface area contributed by atoms with Crippen LogP contribution in [-0.2, 0) is 10.0 Å². The minimum absolute atomic E-state index is 0.243. The molecule has 1 saturated heterocycles. The van der Waals surface area contributed by atoms with Crippen LogP contribution in [0.1, 0.15) is 30.7 Å². The first-order chi connectivity index (χ1) is 9.99. The van der Waals surface area contributed by atoms with Gasteiger partial charge in [0.2, 0.25) is 10.0 Å². The molecule has 0 aliphatic carbocycles. The molecule has 1 aliphatic rings. The highest BCUT2D eigenvalue weighted by Crippen LogP contribution is 2.26. The molecule has 4 nitrogen and oxygen atoms in total. The highest BCUT2D eigenvalue weighted by atomic mass is 32.2. The molecule has 21 heavy (non-hydrogen) atoms. The van der Waals surface area contributed by atoms with Crippen molar-refractivity contribution in [1.82, 2.24) is 9.21 Å². The van der Waals surface area contributed by atoms with E-state index in [2.05, 4.69) is 35.2 Å². The maximum atomic E-state index is 11.8. The molecular weight excluding hydrogens is 284 g/mol. The molecule has 0 spiro atoms. The quantitative estimate of drug-likeness (QED) is 0.808. The number of piperidine rings is 1. The lowest BCUT2D eigenvalue weighted by atomic mass is 9.90. The zero-order chi connectivity index (χ0) is 15.3. The van der Waals surface area contributed by atoms with Crippen LogP contribution >= 0.6 is 0 Å². The first-order valence-electron chi connectivity index (χ1n) is 7.66. The number of nitrogens with zero attached hydrogens (tertiary/aromatic N) is 2. The largest absolute Gasteiger partial charge is 0.303 e. The first-order valence-corrected chi connectivity index (χ1v) is 9.27. The van der Waals surface area contributed by atoms with Crippen molar-refractivity contribution in [3.05, 3.63) is 35.9 Å². The number of likely N-dealkylation sites (tertiary alicyclic amines) is 1. The third kappa shape index (κ3) is 4.80. The van der Waals surface area contributed by atoms with Gasteiger partial charge < -0.3 is 4.90 Å². The third-order valence-corrected chi connectivity index (χ3v) is 6.13. The molecule has 0 saturated carbocycles. The Bertz CT molecular complexity index is 528. The summed E-state index contributed by atoms with van der Waals surface area (Å²) in [5.74, 6) is 0.831. The Morgan fingerprint density at radius 2 is 1.95 bits per heavy atom. The van der Waals surface area contributed by atoms with Crippen molar-refractivity contribution in [3.8, 4) is 0 Å². The first kappa shape index (κ1) is 16.5. The zero-order valence-electron chi connectivity index (χ0n) is 13.0. The van der Waals surface area contributed by atoms with Crippen molar-refractivity contribution in [3.63, 3.8) is 0 Å². The van der Waals surface area contributed by atoms with E-state index in [4.69, 9.17) is 0 Å². The number of benzene rings is 1. The van der Waals surface area contributed by atoms with E-state index in [-0.39, 0.29) is 5.75 Å².